The Morgan fingerprint density at radius 2 is 2.05 bits per heavy atom. The molecule has 0 aliphatic heterocycles. The van der Waals surface area contributed by atoms with Crippen LogP contribution in [-0.4, -0.2) is 26.2 Å². The molecule has 112 valence electrons. The minimum absolute atomic E-state index is 0.604. The molecule has 21 heavy (non-hydrogen) atoms. The SMILES string of the molecule is COc1nccc(N(C)C)c1NCc1ccc(C)c(Br)c1. The van der Waals surface area contributed by atoms with Crippen molar-refractivity contribution in [2.45, 2.75) is 13.5 Å². The first-order valence-electron chi connectivity index (χ1n) is 6.72. The molecular weight excluding hydrogens is 330 g/mol. The van der Waals surface area contributed by atoms with Gasteiger partial charge < -0.3 is 15.0 Å². The van der Waals surface area contributed by atoms with E-state index in [1.54, 1.807) is 13.3 Å². The second-order valence-electron chi connectivity index (χ2n) is 5.05. The number of halogens is 1. The summed E-state index contributed by atoms with van der Waals surface area (Å²) in [7, 11) is 5.64. The Bertz CT molecular complexity index is 629. The largest absolute Gasteiger partial charge is 0.479 e. The Hall–Kier alpha value is -1.75. The van der Waals surface area contributed by atoms with E-state index in [1.807, 2.05) is 25.1 Å². The number of ether oxygens (including phenoxy) is 1. The third-order valence-corrected chi connectivity index (χ3v) is 4.13. The lowest BCUT2D eigenvalue weighted by Crippen LogP contribution is -2.13. The third kappa shape index (κ3) is 3.67. The molecule has 0 saturated heterocycles. The van der Waals surface area contributed by atoms with E-state index in [1.165, 1.54) is 11.1 Å². The van der Waals surface area contributed by atoms with Gasteiger partial charge in [-0.1, -0.05) is 28.1 Å². The summed E-state index contributed by atoms with van der Waals surface area (Å²) in [6, 6.07) is 8.32. The number of pyridine rings is 1. The van der Waals surface area contributed by atoms with E-state index in [4.69, 9.17) is 4.74 Å². The monoisotopic (exact) mass is 349 g/mol. The highest BCUT2D eigenvalue weighted by atomic mass is 79.9. The molecule has 0 aliphatic rings. The Morgan fingerprint density at radius 1 is 1.29 bits per heavy atom. The van der Waals surface area contributed by atoms with E-state index in [2.05, 4.69) is 51.4 Å². The van der Waals surface area contributed by atoms with Crippen LogP contribution >= 0.6 is 15.9 Å². The van der Waals surface area contributed by atoms with E-state index in [-0.39, 0.29) is 0 Å². The first-order chi connectivity index (χ1) is 10.0. The number of nitrogens with one attached hydrogen (secondary N) is 1. The first-order valence-corrected chi connectivity index (χ1v) is 7.51. The van der Waals surface area contributed by atoms with Gasteiger partial charge in [-0.2, -0.15) is 0 Å². The van der Waals surface area contributed by atoms with Crippen LogP contribution in [0.3, 0.4) is 0 Å². The van der Waals surface area contributed by atoms with E-state index >= 15 is 0 Å². The minimum atomic E-state index is 0.604. The van der Waals surface area contributed by atoms with Crippen LogP contribution < -0.4 is 15.0 Å². The van der Waals surface area contributed by atoms with Crippen LogP contribution in [0.4, 0.5) is 11.4 Å². The van der Waals surface area contributed by atoms with Gasteiger partial charge in [-0.05, 0) is 30.2 Å². The zero-order chi connectivity index (χ0) is 15.4. The van der Waals surface area contributed by atoms with Crippen molar-refractivity contribution in [2.75, 3.05) is 31.4 Å². The van der Waals surface area contributed by atoms with Crippen LogP contribution in [0.2, 0.25) is 0 Å². The summed E-state index contributed by atoms with van der Waals surface area (Å²) in [5, 5.41) is 3.43. The van der Waals surface area contributed by atoms with Gasteiger partial charge in [0.2, 0.25) is 5.88 Å². The van der Waals surface area contributed by atoms with E-state index < -0.39 is 0 Å². The molecule has 0 aliphatic carbocycles. The van der Waals surface area contributed by atoms with Crippen molar-refractivity contribution in [2.24, 2.45) is 0 Å². The lowest BCUT2D eigenvalue weighted by Gasteiger charge is -2.20. The van der Waals surface area contributed by atoms with Gasteiger partial charge in [0.05, 0.1) is 12.8 Å². The molecule has 1 aromatic carbocycles. The summed E-state index contributed by atoms with van der Waals surface area (Å²) in [6.45, 7) is 2.79. The van der Waals surface area contributed by atoms with Crippen LogP contribution in [0.25, 0.3) is 0 Å². The van der Waals surface area contributed by atoms with Crippen LogP contribution in [0.5, 0.6) is 5.88 Å². The van der Waals surface area contributed by atoms with Gasteiger partial charge in [0, 0.05) is 31.3 Å². The van der Waals surface area contributed by atoms with Crippen molar-refractivity contribution in [3.05, 3.63) is 46.1 Å². The van der Waals surface area contributed by atoms with Crippen LogP contribution in [0.15, 0.2) is 34.9 Å². The number of nitrogens with zero attached hydrogens (tertiary/aromatic N) is 2. The third-order valence-electron chi connectivity index (χ3n) is 3.27. The highest BCUT2D eigenvalue weighted by Crippen LogP contribution is 2.32. The van der Waals surface area contributed by atoms with Crippen molar-refractivity contribution in [3.63, 3.8) is 0 Å². The average molecular weight is 350 g/mol. The van der Waals surface area contributed by atoms with Crippen LogP contribution in [0.1, 0.15) is 11.1 Å². The molecule has 0 saturated carbocycles. The number of anilines is 2. The van der Waals surface area contributed by atoms with Gasteiger partial charge in [0.25, 0.3) is 0 Å². The maximum Gasteiger partial charge on any atom is 0.239 e. The highest BCUT2D eigenvalue weighted by Gasteiger charge is 2.11. The number of hydrogen-bond donors (Lipinski definition) is 1. The number of rotatable bonds is 5. The summed E-state index contributed by atoms with van der Waals surface area (Å²) in [6.07, 6.45) is 1.75. The molecule has 0 spiro atoms. The Labute approximate surface area is 134 Å². The van der Waals surface area contributed by atoms with Crippen molar-refractivity contribution < 1.29 is 4.74 Å². The fourth-order valence-corrected chi connectivity index (χ4v) is 2.49. The van der Waals surface area contributed by atoms with E-state index in [0.29, 0.717) is 12.4 Å². The molecule has 2 rings (SSSR count). The topological polar surface area (TPSA) is 37.4 Å². The smallest absolute Gasteiger partial charge is 0.239 e. The van der Waals surface area contributed by atoms with Crippen molar-refractivity contribution in [1.82, 2.24) is 4.98 Å². The molecule has 1 aromatic heterocycles. The molecular formula is C16H20BrN3O. The summed E-state index contributed by atoms with van der Waals surface area (Å²) in [4.78, 5) is 6.30. The zero-order valence-electron chi connectivity index (χ0n) is 12.8. The van der Waals surface area contributed by atoms with Gasteiger partial charge >= 0.3 is 0 Å². The fourth-order valence-electron chi connectivity index (χ4n) is 2.06. The van der Waals surface area contributed by atoms with E-state index in [0.717, 1.165) is 15.8 Å². The second kappa shape index (κ2) is 6.80. The molecule has 5 heteroatoms. The summed E-state index contributed by atoms with van der Waals surface area (Å²) >= 11 is 3.57. The zero-order valence-corrected chi connectivity index (χ0v) is 14.4. The number of aryl methyl sites for hydroxylation is 1. The van der Waals surface area contributed by atoms with Crippen LogP contribution in [-0.2, 0) is 6.54 Å². The van der Waals surface area contributed by atoms with Crippen molar-refractivity contribution >= 4 is 27.3 Å². The van der Waals surface area contributed by atoms with Crippen molar-refractivity contribution in [3.8, 4) is 5.88 Å². The lowest BCUT2D eigenvalue weighted by atomic mass is 10.1. The van der Waals surface area contributed by atoms with Crippen molar-refractivity contribution in [1.29, 1.82) is 0 Å². The summed E-state index contributed by atoms with van der Waals surface area (Å²) < 4.78 is 6.48. The van der Waals surface area contributed by atoms with Gasteiger partial charge in [0.15, 0.2) is 0 Å². The maximum absolute atomic E-state index is 5.36. The molecule has 1 heterocycles. The standard InChI is InChI=1S/C16H20BrN3O/c1-11-5-6-12(9-13(11)17)10-19-15-14(20(2)3)7-8-18-16(15)21-4/h5-9,19H,10H2,1-4H3. The highest BCUT2D eigenvalue weighted by molar-refractivity contribution is 9.10. The molecule has 0 atom stereocenters. The van der Waals surface area contributed by atoms with Gasteiger partial charge in [-0.3, -0.25) is 0 Å². The molecule has 0 amide bonds. The predicted molar refractivity (Wildman–Crippen MR) is 91.3 cm³/mol. The normalized spacial score (nSPS) is 10.3. The maximum atomic E-state index is 5.36. The first kappa shape index (κ1) is 15.6. The Balaban J connectivity index is 2.24. The number of aromatic nitrogens is 1. The molecule has 0 fully saturated rings. The van der Waals surface area contributed by atoms with Gasteiger partial charge in [-0.15, -0.1) is 0 Å². The lowest BCUT2D eigenvalue weighted by molar-refractivity contribution is 0.400. The minimum Gasteiger partial charge on any atom is -0.479 e. The second-order valence-corrected chi connectivity index (χ2v) is 5.90. The summed E-state index contributed by atoms with van der Waals surface area (Å²) in [5.74, 6) is 0.604. The molecule has 1 N–H and O–H groups in total. The molecule has 0 bridgehead atoms. The molecule has 2 aromatic rings. The Kier molecular flexibility index (Phi) is 5.07. The number of methoxy groups -OCH3 is 1. The average Bonchev–Trinajstić information content (AvgIpc) is 2.48. The molecule has 4 nitrogen and oxygen atoms in total. The molecule has 0 radical (unpaired) electrons. The van der Waals surface area contributed by atoms with Gasteiger partial charge in [0.1, 0.15) is 5.69 Å². The number of hydrogen-bond acceptors (Lipinski definition) is 4. The molecule has 0 unspecified atom stereocenters. The predicted octanol–water partition coefficient (Wildman–Crippen LogP) is 3.84. The number of benzene rings is 1. The quantitative estimate of drug-likeness (QED) is 0.889. The van der Waals surface area contributed by atoms with Crippen LogP contribution in [0, 0.1) is 6.92 Å². The fraction of sp³-hybridized carbons (Fsp3) is 0.312. The summed E-state index contributed by atoms with van der Waals surface area (Å²) in [5.41, 5.74) is 4.38. The van der Waals surface area contributed by atoms with E-state index in [9.17, 15) is 0 Å². The van der Waals surface area contributed by atoms with Gasteiger partial charge in [-0.25, -0.2) is 4.98 Å². The Morgan fingerprint density at radius 3 is 2.67 bits per heavy atom.